The molecule has 0 aromatic heterocycles. The summed E-state index contributed by atoms with van der Waals surface area (Å²) in [4.78, 5) is 11.5. The van der Waals surface area contributed by atoms with Gasteiger partial charge in [0.15, 0.2) is 18.2 Å². The minimum Gasteiger partial charge on any atom is -0.484 e. The maximum Gasteiger partial charge on any atom is 0.262 e. The molecule has 0 bridgehead atoms. The highest BCUT2D eigenvalue weighted by molar-refractivity contribution is 5.91. The summed E-state index contributed by atoms with van der Waals surface area (Å²) in [6.07, 6.45) is 0. The fraction of sp³-hybridized carbons (Fsp3) is 0.0714. The van der Waals surface area contributed by atoms with E-state index in [1.165, 1.54) is 24.3 Å². The summed E-state index contributed by atoms with van der Waals surface area (Å²) in [5, 5.41) is 2.30. The highest BCUT2D eigenvalue weighted by Crippen LogP contribution is 2.16. The Hall–Kier alpha value is -2.50. The third kappa shape index (κ3) is 3.50. The van der Waals surface area contributed by atoms with Gasteiger partial charge in [-0.2, -0.15) is 0 Å². The van der Waals surface area contributed by atoms with Crippen molar-refractivity contribution in [2.45, 2.75) is 0 Å². The Morgan fingerprint density at radius 3 is 2.45 bits per heavy atom. The van der Waals surface area contributed by atoms with E-state index in [1.54, 1.807) is 6.07 Å². The summed E-state index contributed by atoms with van der Waals surface area (Å²) in [7, 11) is 0. The summed E-state index contributed by atoms with van der Waals surface area (Å²) < 4.78 is 43.8. The monoisotopic (exact) mass is 281 g/mol. The van der Waals surface area contributed by atoms with Crippen molar-refractivity contribution in [2.75, 3.05) is 11.9 Å². The quantitative estimate of drug-likeness (QED) is 0.935. The molecule has 1 amide bonds. The minimum absolute atomic E-state index is 0.00702. The van der Waals surface area contributed by atoms with Crippen molar-refractivity contribution in [3.63, 3.8) is 0 Å². The van der Waals surface area contributed by atoms with Gasteiger partial charge in [-0.25, -0.2) is 13.2 Å². The Morgan fingerprint density at radius 2 is 1.75 bits per heavy atom. The van der Waals surface area contributed by atoms with Crippen LogP contribution >= 0.6 is 0 Å². The molecule has 2 aromatic carbocycles. The smallest absolute Gasteiger partial charge is 0.262 e. The number of para-hydroxylation sites is 1. The van der Waals surface area contributed by atoms with Crippen LogP contribution < -0.4 is 10.1 Å². The number of nitrogens with one attached hydrogen (secondary N) is 1. The second-order valence-electron chi connectivity index (χ2n) is 3.89. The summed E-state index contributed by atoms with van der Waals surface area (Å²) in [6, 6.07) is 8.55. The van der Waals surface area contributed by atoms with Crippen LogP contribution in [0.2, 0.25) is 0 Å². The van der Waals surface area contributed by atoms with Gasteiger partial charge >= 0.3 is 0 Å². The molecule has 0 fully saturated rings. The number of benzene rings is 2. The SMILES string of the molecule is O=C(COc1ccc(F)c(F)c1)Nc1ccccc1F. The first-order chi connectivity index (χ1) is 9.56. The van der Waals surface area contributed by atoms with E-state index in [4.69, 9.17) is 4.74 Å². The molecule has 0 spiro atoms. The van der Waals surface area contributed by atoms with Crippen molar-refractivity contribution >= 4 is 11.6 Å². The molecule has 0 atom stereocenters. The van der Waals surface area contributed by atoms with Crippen molar-refractivity contribution in [1.29, 1.82) is 0 Å². The highest BCUT2D eigenvalue weighted by Gasteiger charge is 2.08. The normalized spacial score (nSPS) is 10.2. The summed E-state index contributed by atoms with van der Waals surface area (Å²) in [5.41, 5.74) is 0.0198. The van der Waals surface area contributed by atoms with E-state index in [-0.39, 0.29) is 11.4 Å². The predicted octanol–water partition coefficient (Wildman–Crippen LogP) is 3.12. The summed E-state index contributed by atoms with van der Waals surface area (Å²) in [5.74, 6) is -3.26. The van der Waals surface area contributed by atoms with Crippen LogP contribution in [0, 0.1) is 17.5 Å². The molecule has 20 heavy (non-hydrogen) atoms. The molecule has 6 heteroatoms. The molecular formula is C14H10F3NO2. The second-order valence-corrected chi connectivity index (χ2v) is 3.89. The lowest BCUT2D eigenvalue weighted by atomic mass is 10.3. The zero-order chi connectivity index (χ0) is 14.5. The van der Waals surface area contributed by atoms with Crippen LogP contribution in [0.4, 0.5) is 18.9 Å². The molecule has 0 radical (unpaired) electrons. The van der Waals surface area contributed by atoms with E-state index in [0.29, 0.717) is 0 Å². The van der Waals surface area contributed by atoms with Gasteiger partial charge in [0.2, 0.25) is 0 Å². The Morgan fingerprint density at radius 1 is 1.00 bits per heavy atom. The number of ether oxygens (including phenoxy) is 1. The molecule has 0 aliphatic rings. The molecule has 0 saturated carbocycles. The third-order valence-corrected chi connectivity index (χ3v) is 2.41. The van der Waals surface area contributed by atoms with Crippen LogP contribution in [0.1, 0.15) is 0 Å². The van der Waals surface area contributed by atoms with Crippen molar-refractivity contribution in [3.05, 3.63) is 59.9 Å². The third-order valence-electron chi connectivity index (χ3n) is 2.41. The van der Waals surface area contributed by atoms with Gasteiger partial charge in [0.25, 0.3) is 5.91 Å². The molecule has 2 rings (SSSR count). The molecule has 2 aromatic rings. The van der Waals surface area contributed by atoms with Crippen molar-refractivity contribution in [2.24, 2.45) is 0 Å². The van der Waals surface area contributed by atoms with Crippen LogP contribution in [0.5, 0.6) is 5.75 Å². The first-order valence-corrected chi connectivity index (χ1v) is 5.68. The molecule has 104 valence electrons. The van der Waals surface area contributed by atoms with E-state index in [2.05, 4.69) is 5.32 Å². The predicted molar refractivity (Wildman–Crippen MR) is 66.9 cm³/mol. The molecule has 1 N–H and O–H groups in total. The lowest BCUT2D eigenvalue weighted by Gasteiger charge is -2.08. The summed E-state index contributed by atoms with van der Waals surface area (Å²) >= 11 is 0. The van der Waals surface area contributed by atoms with Gasteiger partial charge in [0, 0.05) is 6.07 Å². The maximum atomic E-state index is 13.3. The zero-order valence-electron chi connectivity index (χ0n) is 10.2. The molecule has 0 aliphatic carbocycles. The maximum absolute atomic E-state index is 13.3. The topological polar surface area (TPSA) is 38.3 Å². The Labute approximate surface area is 113 Å². The lowest BCUT2D eigenvalue weighted by Crippen LogP contribution is -2.20. The fourth-order valence-corrected chi connectivity index (χ4v) is 1.46. The number of hydrogen-bond acceptors (Lipinski definition) is 2. The number of amides is 1. The molecule has 0 heterocycles. The average molecular weight is 281 g/mol. The Kier molecular flexibility index (Phi) is 4.24. The highest BCUT2D eigenvalue weighted by atomic mass is 19.2. The van der Waals surface area contributed by atoms with Gasteiger partial charge in [0.1, 0.15) is 11.6 Å². The van der Waals surface area contributed by atoms with E-state index < -0.39 is 30.0 Å². The molecule has 3 nitrogen and oxygen atoms in total. The van der Waals surface area contributed by atoms with Crippen LogP contribution in [-0.2, 0) is 4.79 Å². The van der Waals surface area contributed by atoms with Gasteiger partial charge in [0.05, 0.1) is 5.69 Å². The van der Waals surface area contributed by atoms with E-state index >= 15 is 0 Å². The average Bonchev–Trinajstić information content (AvgIpc) is 2.43. The zero-order valence-corrected chi connectivity index (χ0v) is 10.2. The van der Waals surface area contributed by atoms with Crippen LogP contribution in [-0.4, -0.2) is 12.5 Å². The molecule has 0 aliphatic heterocycles. The van der Waals surface area contributed by atoms with Gasteiger partial charge in [-0.05, 0) is 24.3 Å². The Bertz CT molecular complexity index is 632. The Balaban J connectivity index is 1.92. The van der Waals surface area contributed by atoms with E-state index in [0.717, 1.165) is 12.1 Å². The van der Waals surface area contributed by atoms with Gasteiger partial charge in [-0.15, -0.1) is 0 Å². The van der Waals surface area contributed by atoms with Crippen molar-refractivity contribution in [3.8, 4) is 5.75 Å². The van der Waals surface area contributed by atoms with Crippen molar-refractivity contribution < 1.29 is 22.7 Å². The van der Waals surface area contributed by atoms with Crippen LogP contribution in [0.15, 0.2) is 42.5 Å². The number of hydrogen-bond donors (Lipinski definition) is 1. The number of carbonyl (C=O) groups excluding carboxylic acids is 1. The fourth-order valence-electron chi connectivity index (χ4n) is 1.46. The van der Waals surface area contributed by atoms with Crippen LogP contribution in [0.3, 0.4) is 0 Å². The first-order valence-electron chi connectivity index (χ1n) is 5.68. The number of halogens is 3. The molecule has 0 saturated heterocycles. The van der Waals surface area contributed by atoms with E-state index in [9.17, 15) is 18.0 Å². The van der Waals surface area contributed by atoms with Crippen molar-refractivity contribution in [1.82, 2.24) is 0 Å². The van der Waals surface area contributed by atoms with Gasteiger partial charge in [-0.3, -0.25) is 4.79 Å². The van der Waals surface area contributed by atoms with E-state index in [1.807, 2.05) is 0 Å². The van der Waals surface area contributed by atoms with Gasteiger partial charge < -0.3 is 10.1 Å². The molecular weight excluding hydrogens is 271 g/mol. The lowest BCUT2D eigenvalue weighted by molar-refractivity contribution is -0.118. The second kappa shape index (κ2) is 6.10. The first kappa shape index (κ1) is 13.9. The summed E-state index contributed by atoms with van der Waals surface area (Å²) in [6.45, 7) is -0.445. The number of anilines is 1. The van der Waals surface area contributed by atoms with Gasteiger partial charge in [-0.1, -0.05) is 12.1 Å². The minimum atomic E-state index is -1.07. The molecule has 0 unspecified atom stereocenters. The number of rotatable bonds is 4. The standard InChI is InChI=1S/C14H10F3NO2/c15-10-6-5-9(7-12(10)17)20-8-14(19)18-13-4-2-1-3-11(13)16/h1-7H,8H2,(H,18,19). The van der Waals surface area contributed by atoms with Crippen LogP contribution in [0.25, 0.3) is 0 Å². The largest absolute Gasteiger partial charge is 0.484 e. The number of carbonyl (C=O) groups is 1.